The Labute approximate surface area is 223 Å². The van der Waals surface area contributed by atoms with Crippen LogP contribution in [0.15, 0.2) is 73.3 Å². The molecular formula is C29H32N8O. The van der Waals surface area contributed by atoms with Gasteiger partial charge in [-0.2, -0.15) is 4.98 Å². The summed E-state index contributed by atoms with van der Waals surface area (Å²) in [6, 6.07) is 19.1. The van der Waals surface area contributed by atoms with Crippen molar-refractivity contribution in [3.05, 3.63) is 95.8 Å². The third kappa shape index (κ3) is 5.89. The highest BCUT2D eigenvalue weighted by Gasteiger charge is 2.21. The predicted molar refractivity (Wildman–Crippen MR) is 148 cm³/mol. The number of rotatable bonds is 7. The number of morpholine rings is 1. The summed E-state index contributed by atoms with van der Waals surface area (Å²) in [6.07, 6.45) is 7.03. The van der Waals surface area contributed by atoms with E-state index in [4.69, 9.17) is 9.72 Å². The number of benzene rings is 2. The maximum atomic E-state index is 5.46. The molecule has 0 radical (unpaired) electrons. The lowest BCUT2D eigenvalue weighted by Crippen LogP contribution is -2.47. The third-order valence-corrected chi connectivity index (χ3v) is 7.07. The van der Waals surface area contributed by atoms with Crippen molar-refractivity contribution in [2.45, 2.75) is 12.8 Å². The van der Waals surface area contributed by atoms with Crippen LogP contribution in [0.3, 0.4) is 0 Å². The highest BCUT2D eigenvalue weighted by atomic mass is 16.5. The Morgan fingerprint density at radius 3 is 1.95 bits per heavy atom. The van der Waals surface area contributed by atoms with Gasteiger partial charge in [-0.1, -0.05) is 42.5 Å². The second-order valence-electron chi connectivity index (χ2n) is 9.67. The van der Waals surface area contributed by atoms with E-state index in [1.54, 1.807) is 6.33 Å². The molecule has 0 spiro atoms. The molecule has 9 heteroatoms. The average Bonchev–Trinajstić information content (AvgIpc) is 2.99. The van der Waals surface area contributed by atoms with Gasteiger partial charge >= 0.3 is 0 Å². The molecule has 0 bridgehead atoms. The molecule has 4 heterocycles. The van der Waals surface area contributed by atoms with Gasteiger partial charge in [-0.05, 0) is 28.8 Å². The standard InChI is InChI=1S/C29H32N8O/c1-2-4-23(5-3-1)18-25-20-30-28(31-21-25)36-10-12-37(13-11-36)29-33-22-32-27(34-29)19-24-6-8-26(9-7-24)35-14-16-38-17-15-35/h1-9,20-22H,10-19H2. The highest BCUT2D eigenvalue weighted by molar-refractivity contribution is 5.48. The zero-order chi connectivity index (χ0) is 25.6. The van der Waals surface area contributed by atoms with Crippen molar-refractivity contribution in [1.82, 2.24) is 24.9 Å². The zero-order valence-corrected chi connectivity index (χ0v) is 21.5. The molecule has 0 atom stereocenters. The first-order chi connectivity index (χ1) is 18.8. The van der Waals surface area contributed by atoms with E-state index in [0.29, 0.717) is 6.42 Å². The molecule has 2 aliphatic heterocycles. The van der Waals surface area contributed by atoms with Gasteiger partial charge in [-0.25, -0.2) is 19.9 Å². The summed E-state index contributed by atoms with van der Waals surface area (Å²) in [6.45, 7) is 6.73. The van der Waals surface area contributed by atoms with Gasteiger partial charge in [-0.3, -0.25) is 0 Å². The Bertz CT molecular complexity index is 1300. The Balaban J connectivity index is 1.03. The van der Waals surface area contributed by atoms with E-state index in [1.165, 1.54) is 16.8 Å². The molecule has 0 unspecified atom stereocenters. The Hall–Kier alpha value is -4.11. The van der Waals surface area contributed by atoms with E-state index < -0.39 is 0 Å². The molecule has 2 saturated heterocycles. The second-order valence-corrected chi connectivity index (χ2v) is 9.67. The lowest BCUT2D eigenvalue weighted by Gasteiger charge is -2.34. The van der Waals surface area contributed by atoms with Crippen LogP contribution >= 0.6 is 0 Å². The van der Waals surface area contributed by atoms with Crippen LogP contribution in [-0.4, -0.2) is 77.4 Å². The Kier molecular flexibility index (Phi) is 7.35. The smallest absolute Gasteiger partial charge is 0.228 e. The lowest BCUT2D eigenvalue weighted by molar-refractivity contribution is 0.122. The quantitative estimate of drug-likeness (QED) is 0.374. The minimum absolute atomic E-state index is 0.683. The van der Waals surface area contributed by atoms with Gasteiger partial charge in [0.2, 0.25) is 11.9 Å². The van der Waals surface area contributed by atoms with Crippen LogP contribution in [0, 0.1) is 0 Å². The molecule has 2 aliphatic rings. The minimum Gasteiger partial charge on any atom is -0.378 e. The van der Waals surface area contributed by atoms with E-state index in [0.717, 1.165) is 82.2 Å². The van der Waals surface area contributed by atoms with Gasteiger partial charge in [0.05, 0.1) is 13.2 Å². The summed E-state index contributed by atoms with van der Waals surface area (Å²) in [5.74, 6) is 2.30. The molecule has 6 rings (SSSR count). The third-order valence-electron chi connectivity index (χ3n) is 7.07. The van der Waals surface area contributed by atoms with E-state index in [2.05, 4.69) is 83.2 Å². The Morgan fingerprint density at radius 1 is 0.579 bits per heavy atom. The summed E-state index contributed by atoms with van der Waals surface area (Å²) in [4.78, 5) is 29.8. The highest BCUT2D eigenvalue weighted by Crippen LogP contribution is 2.19. The zero-order valence-electron chi connectivity index (χ0n) is 21.5. The van der Waals surface area contributed by atoms with Crippen molar-refractivity contribution < 1.29 is 4.74 Å². The number of anilines is 3. The van der Waals surface area contributed by atoms with Crippen molar-refractivity contribution in [3.8, 4) is 0 Å². The number of ether oxygens (including phenoxy) is 1. The van der Waals surface area contributed by atoms with Gasteiger partial charge in [0, 0.05) is 70.2 Å². The second kappa shape index (κ2) is 11.5. The molecule has 0 saturated carbocycles. The molecule has 0 aliphatic carbocycles. The fourth-order valence-electron chi connectivity index (χ4n) is 4.93. The van der Waals surface area contributed by atoms with Crippen molar-refractivity contribution in [2.24, 2.45) is 0 Å². The first-order valence-corrected chi connectivity index (χ1v) is 13.2. The van der Waals surface area contributed by atoms with Crippen molar-refractivity contribution in [2.75, 3.05) is 67.2 Å². The van der Waals surface area contributed by atoms with Crippen LogP contribution in [0.5, 0.6) is 0 Å². The van der Waals surface area contributed by atoms with Crippen LogP contribution in [0.25, 0.3) is 0 Å². The molecule has 0 N–H and O–H groups in total. The first kappa shape index (κ1) is 24.2. The van der Waals surface area contributed by atoms with Crippen LogP contribution in [-0.2, 0) is 17.6 Å². The van der Waals surface area contributed by atoms with Gasteiger partial charge in [-0.15, -0.1) is 0 Å². The number of hydrogen-bond donors (Lipinski definition) is 0. The summed E-state index contributed by atoms with van der Waals surface area (Å²) in [5.41, 5.74) is 4.81. The molecule has 2 fully saturated rings. The van der Waals surface area contributed by atoms with Crippen molar-refractivity contribution in [1.29, 1.82) is 0 Å². The molecule has 38 heavy (non-hydrogen) atoms. The van der Waals surface area contributed by atoms with E-state index in [9.17, 15) is 0 Å². The lowest BCUT2D eigenvalue weighted by atomic mass is 10.1. The summed E-state index contributed by atoms with van der Waals surface area (Å²) >= 11 is 0. The van der Waals surface area contributed by atoms with Crippen LogP contribution in [0.1, 0.15) is 22.5 Å². The number of aromatic nitrogens is 5. The number of hydrogen-bond acceptors (Lipinski definition) is 9. The number of nitrogens with zero attached hydrogens (tertiary/aromatic N) is 8. The molecular weight excluding hydrogens is 476 g/mol. The largest absolute Gasteiger partial charge is 0.378 e. The summed E-state index contributed by atoms with van der Waals surface area (Å²) in [5, 5.41) is 0. The van der Waals surface area contributed by atoms with Gasteiger partial charge in [0.25, 0.3) is 0 Å². The molecule has 0 amide bonds. The van der Waals surface area contributed by atoms with Gasteiger partial charge in [0.1, 0.15) is 12.2 Å². The van der Waals surface area contributed by atoms with Crippen molar-refractivity contribution in [3.63, 3.8) is 0 Å². The van der Waals surface area contributed by atoms with Crippen LogP contribution < -0.4 is 14.7 Å². The maximum absolute atomic E-state index is 5.46. The molecule has 2 aromatic carbocycles. The van der Waals surface area contributed by atoms with Crippen LogP contribution in [0.2, 0.25) is 0 Å². The van der Waals surface area contributed by atoms with E-state index >= 15 is 0 Å². The molecule has 9 nitrogen and oxygen atoms in total. The first-order valence-electron chi connectivity index (χ1n) is 13.2. The Morgan fingerprint density at radius 2 is 1.24 bits per heavy atom. The fraction of sp³-hybridized carbons (Fsp3) is 0.345. The van der Waals surface area contributed by atoms with Gasteiger partial charge < -0.3 is 19.4 Å². The molecule has 4 aromatic rings. The maximum Gasteiger partial charge on any atom is 0.228 e. The molecule has 194 valence electrons. The SMILES string of the molecule is c1ccc(Cc2cnc(N3CCN(c4ncnc(Cc5ccc(N6CCOCC6)cc5)n4)CC3)nc2)cc1. The topological polar surface area (TPSA) is 83.4 Å². The van der Waals surface area contributed by atoms with E-state index in [1.807, 2.05) is 18.5 Å². The minimum atomic E-state index is 0.683. The fourth-order valence-corrected chi connectivity index (χ4v) is 4.93. The average molecular weight is 509 g/mol. The summed E-state index contributed by atoms with van der Waals surface area (Å²) < 4.78 is 5.46. The van der Waals surface area contributed by atoms with Crippen molar-refractivity contribution >= 4 is 17.6 Å². The normalized spacial score (nSPS) is 16.1. The predicted octanol–water partition coefficient (Wildman–Crippen LogP) is 3.01. The number of piperazine rings is 1. The monoisotopic (exact) mass is 508 g/mol. The van der Waals surface area contributed by atoms with Crippen LogP contribution in [0.4, 0.5) is 17.6 Å². The van der Waals surface area contributed by atoms with E-state index in [-0.39, 0.29) is 0 Å². The summed E-state index contributed by atoms with van der Waals surface area (Å²) in [7, 11) is 0. The van der Waals surface area contributed by atoms with Gasteiger partial charge in [0.15, 0.2) is 0 Å². The molecule has 2 aromatic heterocycles.